The van der Waals surface area contributed by atoms with Crippen molar-refractivity contribution < 1.29 is 24.5 Å². The van der Waals surface area contributed by atoms with Crippen molar-refractivity contribution in [2.24, 2.45) is 0 Å². The Labute approximate surface area is 431 Å². The van der Waals surface area contributed by atoms with Gasteiger partial charge in [0.05, 0.1) is 25.4 Å². The first-order valence-electron chi connectivity index (χ1n) is 31.1. The Hall–Kier alpha value is -1.66. The molecule has 0 rings (SSSR count). The van der Waals surface area contributed by atoms with Crippen molar-refractivity contribution in [1.82, 2.24) is 5.32 Å². The zero-order valence-corrected chi connectivity index (χ0v) is 46.6. The summed E-state index contributed by atoms with van der Waals surface area (Å²) < 4.78 is 5.47. The molecule has 0 fully saturated rings. The van der Waals surface area contributed by atoms with E-state index >= 15 is 0 Å². The average molecular weight is 973 g/mol. The standard InChI is InChI=1S/C63H121NO5/c1-3-5-7-9-11-13-15-17-18-19-20-22-25-28-32-35-39-43-47-51-55-61(66)60(59-65)64-62(67)56-52-48-44-40-36-33-29-26-23-21-24-27-30-34-38-42-46-50-54-58-69-63(68)57-53-49-45-41-37-31-16-14-12-10-8-6-4-2/h14,16,51,55,60-61,65-66H,3-13,15,17-50,52-54,56-59H2,1-2H3,(H,64,67)/b16-14-,55-51+. The number of allylic oxidation sites excluding steroid dienone is 3. The van der Waals surface area contributed by atoms with Crippen LogP contribution in [0.3, 0.4) is 0 Å². The molecule has 2 unspecified atom stereocenters. The zero-order chi connectivity index (χ0) is 50.0. The number of carbonyl (C=O) groups excluding carboxylic acids is 2. The zero-order valence-electron chi connectivity index (χ0n) is 46.6. The topological polar surface area (TPSA) is 95.9 Å². The van der Waals surface area contributed by atoms with Gasteiger partial charge in [0.15, 0.2) is 0 Å². The third-order valence-electron chi connectivity index (χ3n) is 14.5. The second-order valence-electron chi connectivity index (χ2n) is 21.4. The fraction of sp³-hybridized carbons (Fsp3) is 0.905. The quantitative estimate of drug-likeness (QED) is 0.0321. The lowest BCUT2D eigenvalue weighted by atomic mass is 10.0. The fourth-order valence-corrected chi connectivity index (χ4v) is 9.69. The molecule has 3 N–H and O–H groups in total. The normalized spacial score (nSPS) is 12.7. The van der Waals surface area contributed by atoms with Crippen LogP contribution in [0.4, 0.5) is 0 Å². The minimum Gasteiger partial charge on any atom is -0.466 e. The summed E-state index contributed by atoms with van der Waals surface area (Å²) in [6.07, 6.45) is 72.1. The van der Waals surface area contributed by atoms with Gasteiger partial charge in [-0.25, -0.2) is 0 Å². The van der Waals surface area contributed by atoms with Crippen molar-refractivity contribution in [2.45, 2.75) is 353 Å². The van der Waals surface area contributed by atoms with Gasteiger partial charge in [-0.2, -0.15) is 0 Å². The lowest BCUT2D eigenvalue weighted by molar-refractivity contribution is -0.143. The molecule has 0 aromatic heterocycles. The Bertz CT molecular complexity index is 1080. The van der Waals surface area contributed by atoms with Gasteiger partial charge in [0.25, 0.3) is 0 Å². The van der Waals surface area contributed by atoms with Crippen LogP contribution in [0.1, 0.15) is 341 Å². The molecule has 0 aromatic rings. The molecule has 408 valence electrons. The molecule has 0 bridgehead atoms. The Morgan fingerprint density at radius 2 is 0.681 bits per heavy atom. The third-order valence-corrected chi connectivity index (χ3v) is 14.5. The number of amides is 1. The molecule has 0 saturated heterocycles. The summed E-state index contributed by atoms with van der Waals surface area (Å²) in [7, 11) is 0. The summed E-state index contributed by atoms with van der Waals surface area (Å²) in [5.74, 6) is -0.0685. The van der Waals surface area contributed by atoms with E-state index in [1.54, 1.807) is 6.08 Å². The van der Waals surface area contributed by atoms with Crippen LogP contribution in [0.15, 0.2) is 24.3 Å². The van der Waals surface area contributed by atoms with Crippen molar-refractivity contribution in [1.29, 1.82) is 0 Å². The lowest BCUT2D eigenvalue weighted by Gasteiger charge is -2.20. The number of hydrogen-bond donors (Lipinski definition) is 3. The van der Waals surface area contributed by atoms with Crippen LogP contribution >= 0.6 is 0 Å². The highest BCUT2D eigenvalue weighted by atomic mass is 16.5. The first-order chi connectivity index (χ1) is 34.0. The highest BCUT2D eigenvalue weighted by Crippen LogP contribution is 2.18. The van der Waals surface area contributed by atoms with Gasteiger partial charge in [0.1, 0.15) is 0 Å². The number of hydrogen-bond acceptors (Lipinski definition) is 5. The Morgan fingerprint density at radius 1 is 0.391 bits per heavy atom. The molecule has 69 heavy (non-hydrogen) atoms. The van der Waals surface area contributed by atoms with Crippen molar-refractivity contribution in [3.63, 3.8) is 0 Å². The summed E-state index contributed by atoms with van der Waals surface area (Å²) in [5.41, 5.74) is 0. The first-order valence-corrected chi connectivity index (χ1v) is 31.1. The SMILES string of the molecule is CCCCCC/C=C\CCCCCCCC(=O)OCCCCCCCCCCCCCCCCCCCCCC(=O)NC(CO)C(O)/C=C/CCCCCCCCCCCCCCCCCCCC. The Balaban J connectivity index is 3.44. The van der Waals surface area contributed by atoms with Gasteiger partial charge in [-0.05, 0) is 57.8 Å². The molecular weight excluding hydrogens is 851 g/mol. The van der Waals surface area contributed by atoms with E-state index in [0.717, 1.165) is 44.9 Å². The number of unbranched alkanes of at least 4 members (excludes halogenated alkanes) is 45. The molecule has 0 aliphatic heterocycles. The van der Waals surface area contributed by atoms with Crippen LogP contribution in [0, 0.1) is 0 Å². The van der Waals surface area contributed by atoms with Gasteiger partial charge in [-0.15, -0.1) is 0 Å². The molecule has 2 atom stereocenters. The second kappa shape index (κ2) is 58.9. The van der Waals surface area contributed by atoms with Gasteiger partial charge < -0.3 is 20.3 Å². The number of rotatable bonds is 58. The number of aliphatic hydroxyl groups excluding tert-OH is 2. The van der Waals surface area contributed by atoms with E-state index in [4.69, 9.17) is 4.74 Å². The highest BCUT2D eigenvalue weighted by Gasteiger charge is 2.18. The van der Waals surface area contributed by atoms with Gasteiger partial charge in [0.2, 0.25) is 5.91 Å². The number of carbonyl (C=O) groups is 2. The van der Waals surface area contributed by atoms with Gasteiger partial charge >= 0.3 is 5.97 Å². The number of esters is 1. The van der Waals surface area contributed by atoms with Crippen molar-refractivity contribution in [3.8, 4) is 0 Å². The molecule has 0 aliphatic carbocycles. The summed E-state index contributed by atoms with van der Waals surface area (Å²) >= 11 is 0. The monoisotopic (exact) mass is 972 g/mol. The predicted octanol–water partition coefficient (Wildman–Crippen LogP) is 19.4. The van der Waals surface area contributed by atoms with Crippen LogP contribution in [-0.2, 0) is 14.3 Å². The minimum atomic E-state index is -0.847. The fourth-order valence-electron chi connectivity index (χ4n) is 9.69. The van der Waals surface area contributed by atoms with Crippen LogP contribution in [0.25, 0.3) is 0 Å². The van der Waals surface area contributed by atoms with E-state index in [9.17, 15) is 19.8 Å². The molecule has 0 radical (unpaired) electrons. The molecular formula is C63H121NO5. The van der Waals surface area contributed by atoms with E-state index in [0.29, 0.717) is 19.4 Å². The molecule has 0 spiro atoms. The molecule has 0 aromatic carbocycles. The van der Waals surface area contributed by atoms with Crippen LogP contribution in [0.2, 0.25) is 0 Å². The first kappa shape index (κ1) is 67.3. The average Bonchev–Trinajstić information content (AvgIpc) is 3.35. The summed E-state index contributed by atoms with van der Waals surface area (Å²) in [6.45, 7) is 4.90. The second-order valence-corrected chi connectivity index (χ2v) is 21.4. The van der Waals surface area contributed by atoms with E-state index < -0.39 is 12.1 Å². The van der Waals surface area contributed by atoms with Crippen molar-refractivity contribution >= 4 is 11.9 Å². The van der Waals surface area contributed by atoms with Crippen molar-refractivity contribution in [3.05, 3.63) is 24.3 Å². The van der Waals surface area contributed by atoms with Gasteiger partial charge in [-0.1, -0.05) is 295 Å². The van der Waals surface area contributed by atoms with Crippen LogP contribution in [0.5, 0.6) is 0 Å². The van der Waals surface area contributed by atoms with E-state index in [1.807, 2.05) is 6.08 Å². The molecule has 1 amide bonds. The largest absolute Gasteiger partial charge is 0.466 e. The summed E-state index contributed by atoms with van der Waals surface area (Å²) in [5, 5.41) is 23.2. The maximum Gasteiger partial charge on any atom is 0.305 e. The molecule has 0 heterocycles. The highest BCUT2D eigenvalue weighted by molar-refractivity contribution is 5.76. The number of ether oxygens (including phenoxy) is 1. The summed E-state index contributed by atoms with van der Waals surface area (Å²) in [4.78, 5) is 24.5. The van der Waals surface area contributed by atoms with Crippen LogP contribution in [-0.4, -0.2) is 47.4 Å². The minimum absolute atomic E-state index is 0.000493. The van der Waals surface area contributed by atoms with Crippen molar-refractivity contribution in [2.75, 3.05) is 13.2 Å². The Kier molecular flexibility index (Phi) is 57.5. The maximum absolute atomic E-state index is 12.5. The third kappa shape index (κ3) is 55.5. The van der Waals surface area contributed by atoms with Gasteiger partial charge in [-0.3, -0.25) is 9.59 Å². The maximum atomic E-state index is 12.5. The number of nitrogens with one attached hydrogen (secondary N) is 1. The van der Waals surface area contributed by atoms with Gasteiger partial charge in [0, 0.05) is 12.8 Å². The lowest BCUT2D eigenvalue weighted by Crippen LogP contribution is -2.45. The predicted molar refractivity (Wildman–Crippen MR) is 301 cm³/mol. The molecule has 6 nitrogen and oxygen atoms in total. The molecule has 0 saturated carbocycles. The summed E-state index contributed by atoms with van der Waals surface area (Å²) in [6, 6.07) is -0.631. The smallest absolute Gasteiger partial charge is 0.305 e. The van der Waals surface area contributed by atoms with E-state index in [1.165, 1.54) is 270 Å². The van der Waals surface area contributed by atoms with Crippen LogP contribution < -0.4 is 5.32 Å². The van der Waals surface area contributed by atoms with E-state index in [-0.39, 0.29) is 18.5 Å². The van der Waals surface area contributed by atoms with E-state index in [2.05, 4.69) is 31.3 Å². The Morgan fingerprint density at radius 3 is 1.04 bits per heavy atom. The number of aliphatic hydroxyl groups is 2. The molecule has 6 heteroatoms. The molecule has 0 aliphatic rings.